The van der Waals surface area contributed by atoms with Crippen molar-refractivity contribution >= 4 is 5.97 Å². The van der Waals surface area contributed by atoms with Crippen LogP contribution in [0.15, 0.2) is 18.3 Å². The molecule has 1 aromatic rings. The topological polar surface area (TPSA) is 71.5 Å². The SMILES string of the molecule is O=C(O)c1ccc(CNCCCOCC2CC2)nc1. The minimum Gasteiger partial charge on any atom is -0.478 e. The number of nitrogens with one attached hydrogen (secondary N) is 1. The summed E-state index contributed by atoms with van der Waals surface area (Å²) < 4.78 is 5.53. The monoisotopic (exact) mass is 264 g/mol. The first-order chi connectivity index (χ1) is 9.25. The predicted molar refractivity (Wildman–Crippen MR) is 71.1 cm³/mol. The Bertz CT molecular complexity index is 402. The molecule has 0 aliphatic heterocycles. The van der Waals surface area contributed by atoms with Gasteiger partial charge in [-0.25, -0.2) is 4.79 Å². The Labute approximate surface area is 113 Å². The maximum absolute atomic E-state index is 10.7. The molecule has 0 radical (unpaired) electrons. The number of carbonyl (C=O) groups is 1. The summed E-state index contributed by atoms with van der Waals surface area (Å²) in [5.41, 5.74) is 1.07. The maximum Gasteiger partial charge on any atom is 0.337 e. The third-order valence-corrected chi connectivity index (χ3v) is 3.07. The second-order valence-electron chi connectivity index (χ2n) is 4.89. The lowest BCUT2D eigenvalue weighted by atomic mass is 10.2. The van der Waals surface area contributed by atoms with Crippen LogP contribution < -0.4 is 5.32 Å². The predicted octanol–water partition coefficient (Wildman–Crippen LogP) is 1.69. The fourth-order valence-electron chi connectivity index (χ4n) is 1.71. The second kappa shape index (κ2) is 7.21. The van der Waals surface area contributed by atoms with Crippen LogP contribution in [0.2, 0.25) is 0 Å². The standard InChI is InChI=1S/C14H20N2O3/c17-14(18)12-4-5-13(16-8-12)9-15-6-1-7-19-10-11-2-3-11/h4-5,8,11,15H,1-3,6-7,9-10H2,(H,17,18). The number of carboxylic acids is 1. The number of rotatable bonds is 9. The molecule has 19 heavy (non-hydrogen) atoms. The van der Waals surface area contributed by atoms with Gasteiger partial charge in [-0.2, -0.15) is 0 Å². The largest absolute Gasteiger partial charge is 0.478 e. The Morgan fingerprint density at radius 3 is 2.95 bits per heavy atom. The van der Waals surface area contributed by atoms with Gasteiger partial charge in [-0.05, 0) is 43.9 Å². The van der Waals surface area contributed by atoms with E-state index in [1.807, 2.05) is 0 Å². The number of carboxylic acid groups (broad SMARTS) is 1. The Kier molecular flexibility index (Phi) is 5.30. The molecule has 1 aliphatic carbocycles. The molecular weight excluding hydrogens is 244 g/mol. The van der Waals surface area contributed by atoms with Crippen molar-refractivity contribution in [1.82, 2.24) is 10.3 Å². The molecule has 1 aliphatic rings. The summed E-state index contributed by atoms with van der Waals surface area (Å²) in [7, 11) is 0. The number of hydrogen-bond acceptors (Lipinski definition) is 4. The maximum atomic E-state index is 10.7. The lowest BCUT2D eigenvalue weighted by Gasteiger charge is -2.05. The number of hydrogen-bond donors (Lipinski definition) is 2. The van der Waals surface area contributed by atoms with Gasteiger partial charge in [-0.1, -0.05) is 0 Å². The summed E-state index contributed by atoms with van der Waals surface area (Å²) in [6.45, 7) is 3.25. The van der Waals surface area contributed by atoms with Crippen molar-refractivity contribution in [2.45, 2.75) is 25.8 Å². The zero-order valence-corrected chi connectivity index (χ0v) is 11.0. The van der Waals surface area contributed by atoms with Crippen LogP contribution in [-0.4, -0.2) is 35.8 Å². The lowest BCUT2D eigenvalue weighted by Crippen LogP contribution is -2.17. The van der Waals surface area contributed by atoms with E-state index in [4.69, 9.17) is 9.84 Å². The molecule has 0 amide bonds. The second-order valence-corrected chi connectivity index (χ2v) is 4.89. The molecule has 1 saturated carbocycles. The van der Waals surface area contributed by atoms with E-state index in [9.17, 15) is 4.79 Å². The normalized spacial score (nSPS) is 14.5. The number of ether oxygens (including phenoxy) is 1. The van der Waals surface area contributed by atoms with Crippen molar-refractivity contribution in [2.75, 3.05) is 19.8 Å². The molecule has 5 nitrogen and oxygen atoms in total. The van der Waals surface area contributed by atoms with Crippen LogP contribution >= 0.6 is 0 Å². The number of aromatic carboxylic acids is 1. The summed E-state index contributed by atoms with van der Waals surface area (Å²) in [4.78, 5) is 14.7. The van der Waals surface area contributed by atoms with Crippen LogP contribution in [0, 0.1) is 5.92 Å². The van der Waals surface area contributed by atoms with Crippen LogP contribution in [-0.2, 0) is 11.3 Å². The molecule has 2 rings (SSSR count). The molecule has 0 atom stereocenters. The first kappa shape index (κ1) is 14.0. The number of pyridine rings is 1. The van der Waals surface area contributed by atoms with Crippen LogP contribution in [0.1, 0.15) is 35.3 Å². The average molecular weight is 264 g/mol. The molecule has 0 spiro atoms. The molecule has 104 valence electrons. The van der Waals surface area contributed by atoms with E-state index in [1.165, 1.54) is 19.0 Å². The molecule has 0 bridgehead atoms. The van der Waals surface area contributed by atoms with Gasteiger partial charge in [0, 0.05) is 26.0 Å². The summed E-state index contributed by atoms with van der Waals surface area (Å²) in [5.74, 6) is -0.121. The Balaban J connectivity index is 1.53. The van der Waals surface area contributed by atoms with E-state index in [0.29, 0.717) is 6.54 Å². The zero-order valence-electron chi connectivity index (χ0n) is 11.0. The summed E-state index contributed by atoms with van der Waals surface area (Å²) in [5, 5.41) is 12.0. The van der Waals surface area contributed by atoms with Gasteiger partial charge >= 0.3 is 5.97 Å². The highest BCUT2D eigenvalue weighted by atomic mass is 16.5. The molecule has 0 unspecified atom stereocenters. The quantitative estimate of drug-likeness (QED) is 0.664. The Morgan fingerprint density at radius 2 is 2.32 bits per heavy atom. The molecule has 1 aromatic heterocycles. The van der Waals surface area contributed by atoms with Gasteiger partial charge in [0.25, 0.3) is 0 Å². The summed E-state index contributed by atoms with van der Waals surface area (Å²) in [6.07, 6.45) is 5.03. The van der Waals surface area contributed by atoms with Crippen molar-refractivity contribution < 1.29 is 14.6 Å². The smallest absolute Gasteiger partial charge is 0.337 e. The molecule has 2 N–H and O–H groups in total. The summed E-state index contributed by atoms with van der Waals surface area (Å²) >= 11 is 0. The Morgan fingerprint density at radius 1 is 1.47 bits per heavy atom. The molecule has 0 saturated heterocycles. The molecule has 5 heteroatoms. The van der Waals surface area contributed by atoms with Crippen LogP contribution in [0.5, 0.6) is 0 Å². The Hall–Kier alpha value is -1.46. The van der Waals surface area contributed by atoms with Crippen LogP contribution in [0.3, 0.4) is 0 Å². The van der Waals surface area contributed by atoms with E-state index >= 15 is 0 Å². The highest BCUT2D eigenvalue weighted by Crippen LogP contribution is 2.28. The van der Waals surface area contributed by atoms with Crippen molar-refractivity contribution in [3.63, 3.8) is 0 Å². The number of nitrogens with zero attached hydrogens (tertiary/aromatic N) is 1. The first-order valence-corrected chi connectivity index (χ1v) is 6.72. The van der Waals surface area contributed by atoms with Crippen molar-refractivity contribution in [2.24, 2.45) is 5.92 Å². The highest BCUT2D eigenvalue weighted by Gasteiger charge is 2.20. The zero-order chi connectivity index (χ0) is 13.5. The van der Waals surface area contributed by atoms with Gasteiger partial charge in [-0.15, -0.1) is 0 Å². The van der Waals surface area contributed by atoms with Crippen molar-refractivity contribution in [3.05, 3.63) is 29.6 Å². The third-order valence-electron chi connectivity index (χ3n) is 3.07. The van der Waals surface area contributed by atoms with Gasteiger partial charge in [0.2, 0.25) is 0 Å². The van der Waals surface area contributed by atoms with Crippen LogP contribution in [0.25, 0.3) is 0 Å². The summed E-state index contributed by atoms with van der Waals surface area (Å²) in [6, 6.07) is 3.31. The highest BCUT2D eigenvalue weighted by molar-refractivity contribution is 5.87. The number of aromatic nitrogens is 1. The average Bonchev–Trinajstić information content (AvgIpc) is 3.22. The van der Waals surface area contributed by atoms with Crippen molar-refractivity contribution in [3.8, 4) is 0 Å². The van der Waals surface area contributed by atoms with Gasteiger partial charge < -0.3 is 15.2 Å². The van der Waals surface area contributed by atoms with Gasteiger partial charge in [0.05, 0.1) is 11.3 Å². The van der Waals surface area contributed by atoms with E-state index < -0.39 is 5.97 Å². The lowest BCUT2D eigenvalue weighted by molar-refractivity contribution is 0.0696. The fourth-order valence-corrected chi connectivity index (χ4v) is 1.71. The van der Waals surface area contributed by atoms with Gasteiger partial charge in [0.1, 0.15) is 0 Å². The minimum atomic E-state index is -0.945. The molecule has 0 aromatic carbocycles. The molecule has 1 fully saturated rings. The molecule has 1 heterocycles. The fraction of sp³-hybridized carbons (Fsp3) is 0.571. The van der Waals surface area contributed by atoms with Gasteiger partial charge in [0.15, 0.2) is 0 Å². The van der Waals surface area contributed by atoms with E-state index in [2.05, 4.69) is 10.3 Å². The minimum absolute atomic E-state index is 0.220. The van der Waals surface area contributed by atoms with E-state index in [1.54, 1.807) is 12.1 Å². The van der Waals surface area contributed by atoms with E-state index in [-0.39, 0.29) is 5.56 Å². The third kappa shape index (κ3) is 5.36. The van der Waals surface area contributed by atoms with E-state index in [0.717, 1.165) is 37.8 Å². The first-order valence-electron chi connectivity index (χ1n) is 6.72. The van der Waals surface area contributed by atoms with Crippen molar-refractivity contribution in [1.29, 1.82) is 0 Å². The van der Waals surface area contributed by atoms with Crippen LogP contribution in [0.4, 0.5) is 0 Å². The molecular formula is C14H20N2O3. The van der Waals surface area contributed by atoms with Gasteiger partial charge in [-0.3, -0.25) is 4.98 Å².